The molecule has 2 rings (SSSR count). The molecule has 20 heavy (non-hydrogen) atoms. The fourth-order valence-electron chi connectivity index (χ4n) is 2.70. The Bertz CT molecular complexity index is 557. The Hall–Kier alpha value is -1.07. The molecular weight excluding hydrogens is 272 g/mol. The van der Waals surface area contributed by atoms with Crippen LogP contribution < -0.4 is 9.62 Å². The number of nitrogens with one attached hydrogen (secondary N) is 1. The first-order valence-electron chi connectivity index (χ1n) is 7.28. The normalized spacial score (nSPS) is 22.9. The number of benzene rings is 1. The van der Waals surface area contributed by atoms with Crippen molar-refractivity contribution in [2.45, 2.75) is 33.2 Å². The van der Waals surface area contributed by atoms with E-state index in [-0.39, 0.29) is 17.7 Å². The van der Waals surface area contributed by atoms with Crippen molar-refractivity contribution < 1.29 is 8.42 Å². The van der Waals surface area contributed by atoms with Gasteiger partial charge in [-0.3, -0.25) is 4.31 Å². The molecular formula is C15H24N2O2S. The molecule has 4 nitrogen and oxygen atoms in total. The molecule has 0 spiro atoms. The van der Waals surface area contributed by atoms with E-state index in [1.54, 1.807) is 4.31 Å². The van der Waals surface area contributed by atoms with E-state index in [0.717, 1.165) is 24.2 Å². The molecule has 0 bridgehead atoms. The van der Waals surface area contributed by atoms with E-state index in [1.807, 2.05) is 31.2 Å². The molecule has 2 unspecified atom stereocenters. The third-order valence-corrected chi connectivity index (χ3v) is 5.69. The maximum Gasteiger partial charge on any atom is 0.235 e. The largest absolute Gasteiger partial charge is 0.310 e. The molecule has 1 N–H and O–H groups in total. The third kappa shape index (κ3) is 3.15. The maximum atomic E-state index is 12.3. The molecule has 0 saturated carbocycles. The maximum absolute atomic E-state index is 12.3. The highest BCUT2D eigenvalue weighted by Crippen LogP contribution is 2.32. The van der Waals surface area contributed by atoms with Gasteiger partial charge in [0, 0.05) is 12.6 Å². The Morgan fingerprint density at radius 1 is 1.40 bits per heavy atom. The van der Waals surface area contributed by atoms with Crippen LogP contribution in [0.3, 0.4) is 0 Å². The Kier molecular flexibility index (Phi) is 4.70. The summed E-state index contributed by atoms with van der Waals surface area (Å²) in [6, 6.07) is 7.95. The molecule has 112 valence electrons. The highest BCUT2D eigenvalue weighted by atomic mass is 32.2. The van der Waals surface area contributed by atoms with Crippen LogP contribution >= 0.6 is 0 Å². The first-order valence-corrected chi connectivity index (χ1v) is 8.89. The highest BCUT2D eigenvalue weighted by molar-refractivity contribution is 7.93. The summed E-state index contributed by atoms with van der Waals surface area (Å²) in [6.45, 7) is 7.70. The van der Waals surface area contributed by atoms with E-state index < -0.39 is 10.0 Å². The van der Waals surface area contributed by atoms with Crippen molar-refractivity contribution in [2.24, 2.45) is 5.92 Å². The van der Waals surface area contributed by atoms with E-state index in [1.165, 1.54) is 0 Å². The van der Waals surface area contributed by atoms with Gasteiger partial charge in [0.05, 0.1) is 11.4 Å². The summed E-state index contributed by atoms with van der Waals surface area (Å²) >= 11 is 0. The number of hydrogen-bond acceptors (Lipinski definition) is 3. The van der Waals surface area contributed by atoms with Gasteiger partial charge in [0.2, 0.25) is 10.0 Å². The first kappa shape index (κ1) is 15.3. The third-order valence-electron chi connectivity index (χ3n) is 3.68. The van der Waals surface area contributed by atoms with Crippen LogP contribution in [0.5, 0.6) is 0 Å². The predicted octanol–water partition coefficient (Wildman–Crippen LogP) is 2.53. The Labute approximate surface area is 122 Å². The molecule has 1 heterocycles. The predicted molar refractivity (Wildman–Crippen MR) is 83.4 cm³/mol. The number of sulfonamides is 1. The lowest BCUT2D eigenvalue weighted by Gasteiger charge is -2.24. The SMILES string of the molecule is CCCNC(C)c1ccccc1N1CC(C)CS1(=O)=O. The molecule has 1 aromatic carbocycles. The molecule has 0 amide bonds. The molecule has 1 saturated heterocycles. The molecule has 0 aromatic heterocycles. The van der Waals surface area contributed by atoms with Crippen LogP contribution in [-0.4, -0.2) is 27.3 Å². The summed E-state index contributed by atoms with van der Waals surface area (Å²) in [5.74, 6) is 0.435. The van der Waals surface area contributed by atoms with Crippen LogP contribution in [0.25, 0.3) is 0 Å². The number of para-hydroxylation sites is 1. The van der Waals surface area contributed by atoms with Crippen LogP contribution in [0.15, 0.2) is 24.3 Å². The summed E-state index contributed by atoms with van der Waals surface area (Å²) < 4.78 is 26.1. The van der Waals surface area contributed by atoms with E-state index in [9.17, 15) is 8.42 Å². The minimum absolute atomic E-state index is 0.150. The molecule has 2 atom stereocenters. The van der Waals surface area contributed by atoms with E-state index in [4.69, 9.17) is 0 Å². The van der Waals surface area contributed by atoms with Gasteiger partial charge in [-0.05, 0) is 37.4 Å². The zero-order valence-electron chi connectivity index (χ0n) is 12.5. The van der Waals surface area contributed by atoms with Gasteiger partial charge in [0.1, 0.15) is 0 Å². The molecule has 0 aliphatic carbocycles. The number of anilines is 1. The molecule has 1 aliphatic rings. The van der Waals surface area contributed by atoms with Crippen molar-refractivity contribution in [3.8, 4) is 0 Å². The van der Waals surface area contributed by atoms with Gasteiger partial charge in [-0.25, -0.2) is 8.42 Å². The van der Waals surface area contributed by atoms with E-state index >= 15 is 0 Å². The summed E-state index contributed by atoms with van der Waals surface area (Å²) in [5.41, 5.74) is 1.88. The zero-order valence-corrected chi connectivity index (χ0v) is 13.3. The molecule has 1 aliphatic heterocycles. The minimum Gasteiger partial charge on any atom is -0.310 e. The lowest BCUT2D eigenvalue weighted by molar-refractivity contribution is 0.569. The fourth-order valence-corrected chi connectivity index (χ4v) is 4.65. The lowest BCUT2D eigenvalue weighted by Crippen LogP contribution is -2.28. The zero-order chi connectivity index (χ0) is 14.8. The van der Waals surface area contributed by atoms with Gasteiger partial charge in [-0.2, -0.15) is 0 Å². The molecule has 1 aromatic rings. The van der Waals surface area contributed by atoms with Crippen molar-refractivity contribution in [1.29, 1.82) is 0 Å². The molecule has 5 heteroatoms. The standard InChI is InChI=1S/C15H24N2O2S/c1-4-9-16-13(3)14-7-5-6-8-15(14)17-10-12(2)11-20(17,18)19/h5-8,12-13,16H,4,9-11H2,1-3H3. The Morgan fingerprint density at radius 2 is 2.10 bits per heavy atom. The number of hydrogen-bond donors (Lipinski definition) is 1. The molecule has 1 fully saturated rings. The van der Waals surface area contributed by atoms with Crippen molar-refractivity contribution in [3.05, 3.63) is 29.8 Å². The van der Waals surface area contributed by atoms with Gasteiger partial charge in [-0.1, -0.05) is 32.0 Å². The van der Waals surface area contributed by atoms with Crippen molar-refractivity contribution in [2.75, 3.05) is 23.1 Å². The van der Waals surface area contributed by atoms with Gasteiger partial charge in [-0.15, -0.1) is 0 Å². The number of rotatable bonds is 5. The first-order chi connectivity index (χ1) is 9.45. The van der Waals surface area contributed by atoms with Crippen LogP contribution in [0, 0.1) is 5.92 Å². The van der Waals surface area contributed by atoms with Gasteiger partial charge in [0.25, 0.3) is 0 Å². The second-order valence-electron chi connectivity index (χ2n) is 5.65. The summed E-state index contributed by atoms with van der Waals surface area (Å²) in [5, 5.41) is 3.43. The Balaban J connectivity index is 2.33. The lowest BCUT2D eigenvalue weighted by atomic mass is 10.1. The average molecular weight is 296 g/mol. The van der Waals surface area contributed by atoms with Crippen LogP contribution in [0.2, 0.25) is 0 Å². The van der Waals surface area contributed by atoms with Crippen molar-refractivity contribution in [1.82, 2.24) is 5.32 Å². The summed E-state index contributed by atoms with van der Waals surface area (Å²) in [7, 11) is -3.16. The Morgan fingerprint density at radius 3 is 2.70 bits per heavy atom. The highest BCUT2D eigenvalue weighted by Gasteiger charge is 2.35. The van der Waals surface area contributed by atoms with E-state index in [0.29, 0.717) is 6.54 Å². The topological polar surface area (TPSA) is 49.4 Å². The van der Waals surface area contributed by atoms with E-state index in [2.05, 4.69) is 19.2 Å². The van der Waals surface area contributed by atoms with Crippen molar-refractivity contribution >= 4 is 15.7 Å². The summed E-state index contributed by atoms with van der Waals surface area (Å²) in [4.78, 5) is 0. The van der Waals surface area contributed by atoms with Crippen LogP contribution in [0.1, 0.15) is 38.8 Å². The summed E-state index contributed by atoms with van der Waals surface area (Å²) in [6.07, 6.45) is 1.06. The second kappa shape index (κ2) is 6.14. The van der Waals surface area contributed by atoms with Crippen LogP contribution in [0.4, 0.5) is 5.69 Å². The molecule has 0 radical (unpaired) electrons. The quantitative estimate of drug-likeness (QED) is 0.908. The number of nitrogens with zero attached hydrogens (tertiary/aromatic N) is 1. The van der Waals surface area contributed by atoms with Gasteiger partial charge >= 0.3 is 0 Å². The second-order valence-corrected chi connectivity index (χ2v) is 7.59. The monoisotopic (exact) mass is 296 g/mol. The van der Waals surface area contributed by atoms with Gasteiger partial charge < -0.3 is 5.32 Å². The average Bonchev–Trinajstić information content (AvgIpc) is 2.69. The van der Waals surface area contributed by atoms with Crippen molar-refractivity contribution in [3.63, 3.8) is 0 Å². The smallest absolute Gasteiger partial charge is 0.235 e. The minimum atomic E-state index is -3.16. The van der Waals surface area contributed by atoms with Crippen LogP contribution in [-0.2, 0) is 10.0 Å². The van der Waals surface area contributed by atoms with Gasteiger partial charge in [0.15, 0.2) is 0 Å². The fraction of sp³-hybridized carbons (Fsp3) is 0.600.